The van der Waals surface area contributed by atoms with Gasteiger partial charge in [0.15, 0.2) is 0 Å². The molecule has 1 aromatic rings. The molecule has 4 nitrogen and oxygen atoms in total. The van der Waals surface area contributed by atoms with Crippen LogP contribution in [0.2, 0.25) is 0 Å². The first kappa shape index (κ1) is 15.0. The Bertz CT molecular complexity index is 461. The van der Waals surface area contributed by atoms with Crippen LogP contribution in [0.15, 0.2) is 24.3 Å². The number of nitrogens with one attached hydrogen (secondary N) is 1. The van der Waals surface area contributed by atoms with Gasteiger partial charge in [-0.25, -0.2) is 0 Å². The van der Waals surface area contributed by atoms with Crippen LogP contribution in [-0.4, -0.2) is 37.0 Å². The number of carbonyl (C=O) groups is 1. The van der Waals surface area contributed by atoms with E-state index in [1.54, 1.807) is 0 Å². The Balaban J connectivity index is 1.88. The van der Waals surface area contributed by atoms with Crippen LogP contribution in [0.25, 0.3) is 0 Å². The summed E-state index contributed by atoms with van der Waals surface area (Å²) in [6, 6.07) is 8.32. The van der Waals surface area contributed by atoms with Crippen LogP contribution in [0.5, 0.6) is 0 Å². The van der Waals surface area contributed by atoms with Crippen molar-refractivity contribution in [3.05, 3.63) is 29.8 Å². The smallest absolute Gasteiger partial charge is 0.238 e. The van der Waals surface area contributed by atoms with Gasteiger partial charge in [-0.2, -0.15) is 0 Å². The SMILES string of the molecule is Cc1cccc(NC(=O)CN(C)C2CCCC2CN)c1. The van der Waals surface area contributed by atoms with E-state index in [-0.39, 0.29) is 5.91 Å². The largest absolute Gasteiger partial charge is 0.330 e. The van der Waals surface area contributed by atoms with Gasteiger partial charge in [0.1, 0.15) is 0 Å². The molecule has 0 heterocycles. The molecule has 0 aliphatic heterocycles. The molecule has 1 saturated carbocycles. The quantitative estimate of drug-likeness (QED) is 0.864. The van der Waals surface area contributed by atoms with Crippen LogP contribution in [0.1, 0.15) is 24.8 Å². The van der Waals surface area contributed by atoms with Gasteiger partial charge in [-0.3, -0.25) is 9.69 Å². The molecule has 4 heteroatoms. The summed E-state index contributed by atoms with van der Waals surface area (Å²) in [6.07, 6.45) is 3.55. The lowest BCUT2D eigenvalue weighted by molar-refractivity contribution is -0.117. The number of hydrogen-bond donors (Lipinski definition) is 2. The van der Waals surface area contributed by atoms with Crippen LogP contribution in [0, 0.1) is 12.8 Å². The number of anilines is 1. The first-order chi connectivity index (χ1) is 9.60. The second-order valence-corrected chi connectivity index (χ2v) is 5.83. The van der Waals surface area contributed by atoms with Gasteiger partial charge in [0.05, 0.1) is 6.54 Å². The summed E-state index contributed by atoms with van der Waals surface area (Å²) in [5.74, 6) is 0.576. The second kappa shape index (κ2) is 6.86. The van der Waals surface area contributed by atoms with Gasteiger partial charge in [0.25, 0.3) is 0 Å². The maximum atomic E-state index is 12.1. The number of aryl methyl sites for hydroxylation is 1. The molecule has 1 aromatic carbocycles. The highest BCUT2D eigenvalue weighted by molar-refractivity contribution is 5.92. The number of rotatable bonds is 5. The van der Waals surface area contributed by atoms with Crippen molar-refractivity contribution in [3.8, 4) is 0 Å². The molecule has 1 aliphatic rings. The van der Waals surface area contributed by atoms with Crippen molar-refractivity contribution in [2.24, 2.45) is 11.7 Å². The Kier molecular flexibility index (Phi) is 5.15. The van der Waals surface area contributed by atoms with Crippen LogP contribution >= 0.6 is 0 Å². The Morgan fingerprint density at radius 1 is 1.45 bits per heavy atom. The lowest BCUT2D eigenvalue weighted by Gasteiger charge is -2.28. The third-order valence-electron chi connectivity index (χ3n) is 4.18. The monoisotopic (exact) mass is 275 g/mol. The second-order valence-electron chi connectivity index (χ2n) is 5.83. The summed E-state index contributed by atoms with van der Waals surface area (Å²) in [5.41, 5.74) is 7.82. The fourth-order valence-corrected chi connectivity index (χ4v) is 3.14. The molecule has 2 atom stereocenters. The summed E-state index contributed by atoms with van der Waals surface area (Å²) in [7, 11) is 2.02. The van der Waals surface area contributed by atoms with Crippen LogP contribution in [0.3, 0.4) is 0 Å². The minimum absolute atomic E-state index is 0.0424. The highest BCUT2D eigenvalue weighted by Gasteiger charge is 2.29. The fraction of sp³-hybridized carbons (Fsp3) is 0.562. The highest BCUT2D eigenvalue weighted by Crippen LogP contribution is 2.28. The minimum Gasteiger partial charge on any atom is -0.330 e. The minimum atomic E-state index is 0.0424. The number of nitrogens with two attached hydrogens (primary N) is 1. The Hall–Kier alpha value is -1.39. The van der Waals surface area contributed by atoms with Crippen LogP contribution in [-0.2, 0) is 4.79 Å². The number of carbonyl (C=O) groups excluding carboxylic acids is 1. The normalized spacial score (nSPS) is 22.2. The van der Waals surface area contributed by atoms with E-state index in [0.29, 0.717) is 25.0 Å². The molecule has 1 amide bonds. The molecule has 110 valence electrons. The molecule has 20 heavy (non-hydrogen) atoms. The fourth-order valence-electron chi connectivity index (χ4n) is 3.14. The van der Waals surface area contributed by atoms with Crippen molar-refractivity contribution in [2.75, 3.05) is 25.5 Å². The highest BCUT2D eigenvalue weighted by atomic mass is 16.2. The summed E-state index contributed by atoms with van der Waals surface area (Å²) in [6.45, 7) is 3.16. The van der Waals surface area contributed by atoms with Crippen molar-refractivity contribution < 1.29 is 4.79 Å². The first-order valence-electron chi connectivity index (χ1n) is 7.37. The van der Waals surface area contributed by atoms with Gasteiger partial charge in [0.2, 0.25) is 5.91 Å². The van der Waals surface area contributed by atoms with Gasteiger partial charge < -0.3 is 11.1 Å². The average Bonchev–Trinajstić information content (AvgIpc) is 2.86. The number of amides is 1. The molecule has 1 fully saturated rings. The molecule has 0 saturated heterocycles. The Morgan fingerprint density at radius 3 is 2.95 bits per heavy atom. The maximum absolute atomic E-state index is 12.1. The molecule has 2 rings (SSSR count). The van der Waals surface area contributed by atoms with Gasteiger partial charge in [0, 0.05) is 11.7 Å². The summed E-state index contributed by atoms with van der Waals surface area (Å²) >= 11 is 0. The van der Waals surface area contributed by atoms with Crippen molar-refractivity contribution in [1.82, 2.24) is 4.90 Å². The Labute approximate surface area is 121 Å². The lowest BCUT2D eigenvalue weighted by Crippen LogP contribution is -2.41. The van der Waals surface area contributed by atoms with E-state index < -0.39 is 0 Å². The van der Waals surface area contributed by atoms with Crippen LogP contribution in [0.4, 0.5) is 5.69 Å². The van der Waals surface area contributed by atoms with E-state index in [1.165, 1.54) is 12.8 Å². The zero-order valence-electron chi connectivity index (χ0n) is 12.4. The maximum Gasteiger partial charge on any atom is 0.238 e. The van der Waals surface area contributed by atoms with Crippen molar-refractivity contribution >= 4 is 11.6 Å². The van der Waals surface area contributed by atoms with E-state index in [9.17, 15) is 4.79 Å². The molecule has 0 aromatic heterocycles. The van der Waals surface area contributed by atoms with E-state index in [1.807, 2.05) is 38.2 Å². The molecule has 3 N–H and O–H groups in total. The van der Waals surface area contributed by atoms with Gasteiger partial charge in [-0.15, -0.1) is 0 Å². The van der Waals surface area contributed by atoms with Gasteiger partial charge >= 0.3 is 0 Å². The van der Waals surface area contributed by atoms with Crippen molar-refractivity contribution in [2.45, 2.75) is 32.2 Å². The number of hydrogen-bond acceptors (Lipinski definition) is 3. The molecule has 0 spiro atoms. The number of likely N-dealkylation sites (N-methyl/N-ethyl adjacent to an activating group) is 1. The third-order valence-corrected chi connectivity index (χ3v) is 4.18. The zero-order chi connectivity index (χ0) is 14.5. The summed E-state index contributed by atoms with van der Waals surface area (Å²) < 4.78 is 0. The summed E-state index contributed by atoms with van der Waals surface area (Å²) in [4.78, 5) is 14.3. The van der Waals surface area contributed by atoms with Crippen LogP contribution < -0.4 is 11.1 Å². The van der Waals surface area contributed by atoms with Crippen molar-refractivity contribution in [3.63, 3.8) is 0 Å². The predicted molar refractivity (Wildman–Crippen MR) is 82.6 cm³/mol. The molecule has 1 aliphatic carbocycles. The van der Waals surface area contributed by atoms with E-state index >= 15 is 0 Å². The standard InChI is InChI=1S/C16H25N3O/c1-12-5-3-7-14(9-12)18-16(20)11-19(2)15-8-4-6-13(15)10-17/h3,5,7,9,13,15H,4,6,8,10-11,17H2,1-2H3,(H,18,20). The molecule has 0 radical (unpaired) electrons. The molecular formula is C16H25N3O. The molecule has 0 bridgehead atoms. The Morgan fingerprint density at radius 2 is 2.25 bits per heavy atom. The average molecular weight is 275 g/mol. The summed E-state index contributed by atoms with van der Waals surface area (Å²) in [5, 5.41) is 2.96. The third kappa shape index (κ3) is 3.81. The molecule has 2 unspecified atom stereocenters. The predicted octanol–water partition coefficient (Wildman–Crippen LogP) is 1.99. The number of nitrogens with zero attached hydrogens (tertiary/aromatic N) is 1. The van der Waals surface area contributed by atoms with E-state index in [0.717, 1.165) is 17.7 Å². The lowest BCUT2D eigenvalue weighted by atomic mass is 10.0. The van der Waals surface area contributed by atoms with E-state index in [4.69, 9.17) is 5.73 Å². The van der Waals surface area contributed by atoms with Crippen molar-refractivity contribution in [1.29, 1.82) is 0 Å². The zero-order valence-corrected chi connectivity index (χ0v) is 12.4. The molecular weight excluding hydrogens is 250 g/mol. The number of benzene rings is 1. The van der Waals surface area contributed by atoms with Gasteiger partial charge in [-0.1, -0.05) is 18.6 Å². The first-order valence-corrected chi connectivity index (χ1v) is 7.37. The topological polar surface area (TPSA) is 58.4 Å². The van der Waals surface area contributed by atoms with Gasteiger partial charge in [-0.05, 0) is 57.0 Å². The van der Waals surface area contributed by atoms with E-state index in [2.05, 4.69) is 10.2 Å².